The number of ether oxygens (including phenoxy) is 1. The molecule has 1 aliphatic heterocycles. The summed E-state index contributed by atoms with van der Waals surface area (Å²) >= 11 is 0. The number of esters is 1. The molecule has 0 aliphatic carbocycles. The minimum atomic E-state index is -0.983. The molecule has 1 unspecified atom stereocenters. The van der Waals surface area contributed by atoms with Crippen molar-refractivity contribution >= 4 is 5.97 Å². The zero-order valence-electron chi connectivity index (χ0n) is 7.04. The second-order valence-corrected chi connectivity index (χ2v) is 2.77. The van der Waals surface area contributed by atoms with Crippen molar-refractivity contribution in [3.8, 4) is 0 Å². The summed E-state index contributed by atoms with van der Waals surface area (Å²) in [4.78, 5) is 14.7. The van der Waals surface area contributed by atoms with Gasteiger partial charge in [-0.25, -0.2) is 4.79 Å². The molecule has 1 aromatic rings. The van der Waals surface area contributed by atoms with Gasteiger partial charge >= 0.3 is 5.97 Å². The van der Waals surface area contributed by atoms with Gasteiger partial charge in [0.15, 0.2) is 5.76 Å². The number of nitrogens with zero attached hydrogens (tertiary/aromatic N) is 1. The lowest BCUT2D eigenvalue weighted by atomic mass is 10.2. The van der Waals surface area contributed by atoms with Gasteiger partial charge < -0.3 is 14.9 Å². The van der Waals surface area contributed by atoms with Gasteiger partial charge in [0.2, 0.25) is 11.9 Å². The van der Waals surface area contributed by atoms with Gasteiger partial charge in [-0.05, 0) is 12.1 Å². The van der Waals surface area contributed by atoms with E-state index in [4.69, 9.17) is 9.84 Å². The third kappa shape index (κ3) is 1.19. The number of aliphatic hydroxyl groups is 2. The minimum absolute atomic E-state index is 0.377. The maximum Gasteiger partial charge on any atom is 0.378 e. The molecular weight excluding hydrogens is 186 g/mol. The topological polar surface area (TPSA) is 79.7 Å². The first-order valence-corrected chi connectivity index (χ1v) is 3.94. The third-order valence-electron chi connectivity index (χ3n) is 1.87. The molecule has 0 bridgehead atoms. The third-order valence-corrected chi connectivity index (χ3v) is 1.87. The molecule has 5 nitrogen and oxygen atoms in total. The minimum Gasteiger partial charge on any atom is -0.505 e. The van der Waals surface area contributed by atoms with Crippen LogP contribution in [-0.4, -0.2) is 21.2 Å². The van der Waals surface area contributed by atoms with Crippen LogP contribution in [-0.2, 0) is 9.53 Å². The summed E-state index contributed by atoms with van der Waals surface area (Å²) in [6.45, 7) is 0. The van der Waals surface area contributed by atoms with Gasteiger partial charge in [0.1, 0.15) is 0 Å². The quantitative estimate of drug-likeness (QED) is 0.650. The molecule has 14 heavy (non-hydrogen) atoms. The number of pyridine rings is 1. The molecule has 2 rings (SSSR count). The highest BCUT2D eigenvalue weighted by atomic mass is 16.6. The molecule has 1 aromatic heterocycles. The molecule has 1 atom stereocenters. The Labute approximate surface area is 79.3 Å². The molecule has 72 valence electrons. The molecule has 0 aromatic carbocycles. The summed E-state index contributed by atoms with van der Waals surface area (Å²) in [5.41, 5.74) is 0.377. The highest BCUT2D eigenvalue weighted by Gasteiger charge is 2.36. The van der Waals surface area contributed by atoms with Crippen LogP contribution in [0.5, 0.6) is 0 Å². The molecule has 0 radical (unpaired) electrons. The van der Waals surface area contributed by atoms with Gasteiger partial charge in [-0.2, -0.15) is 0 Å². The van der Waals surface area contributed by atoms with Crippen molar-refractivity contribution in [3.63, 3.8) is 0 Å². The van der Waals surface area contributed by atoms with E-state index in [1.54, 1.807) is 18.2 Å². The van der Waals surface area contributed by atoms with E-state index in [1.165, 1.54) is 6.20 Å². The van der Waals surface area contributed by atoms with Crippen molar-refractivity contribution in [3.05, 3.63) is 41.6 Å². The summed E-state index contributed by atoms with van der Waals surface area (Å²) < 4.78 is 4.70. The average Bonchev–Trinajstić information content (AvgIpc) is 2.47. The van der Waals surface area contributed by atoms with E-state index < -0.39 is 23.6 Å². The monoisotopic (exact) mass is 193 g/mol. The van der Waals surface area contributed by atoms with Crippen LogP contribution in [0, 0.1) is 0 Å². The fourth-order valence-electron chi connectivity index (χ4n) is 1.18. The molecule has 5 heteroatoms. The smallest absolute Gasteiger partial charge is 0.378 e. The first-order chi connectivity index (χ1) is 6.70. The van der Waals surface area contributed by atoms with E-state index in [9.17, 15) is 9.90 Å². The van der Waals surface area contributed by atoms with E-state index in [0.29, 0.717) is 5.69 Å². The molecule has 0 saturated carbocycles. The molecule has 1 aliphatic rings. The molecule has 2 heterocycles. The molecule has 0 fully saturated rings. The highest BCUT2D eigenvalue weighted by Crippen LogP contribution is 2.30. The number of aromatic nitrogens is 1. The zero-order valence-corrected chi connectivity index (χ0v) is 7.04. The van der Waals surface area contributed by atoms with Crippen LogP contribution in [0.2, 0.25) is 0 Å². The number of cyclic esters (lactones) is 1. The van der Waals surface area contributed by atoms with Crippen LogP contribution in [0.1, 0.15) is 11.8 Å². The second kappa shape index (κ2) is 3.02. The standard InChI is InChI=1S/C9H7NO4/c11-6-7(12)9(13)14-8(6)5-3-1-2-4-10-5/h1-4,8,11-12H. The molecule has 0 amide bonds. The zero-order chi connectivity index (χ0) is 10.1. The summed E-state index contributed by atoms with van der Waals surface area (Å²) in [5, 5.41) is 18.4. The Hall–Kier alpha value is -2.04. The second-order valence-electron chi connectivity index (χ2n) is 2.77. The highest BCUT2D eigenvalue weighted by molar-refractivity contribution is 5.89. The Morgan fingerprint density at radius 1 is 1.36 bits per heavy atom. The van der Waals surface area contributed by atoms with Crippen LogP contribution in [0.4, 0.5) is 0 Å². The number of carbonyl (C=O) groups is 1. The van der Waals surface area contributed by atoms with Gasteiger partial charge in [-0.15, -0.1) is 0 Å². The Kier molecular flexibility index (Phi) is 1.85. The Morgan fingerprint density at radius 2 is 2.14 bits per heavy atom. The van der Waals surface area contributed by atoms with Crippen LogP contribution in [0.25, 0.3) is 0 Å². The van der Waals surface area contributed by atoms with Crippen LogP contribution in [0.15, 0.2) is 35.9 Å². The molecular formula is C9H7NO4. The largest absolute Gasteiger partial charge is 0.505 e. The fraction of sp³-hybridized carbons (Fsp3) is 0.111. The Balaban J connectivity index is 2.36. The number of hydrogen-bond acceptors (Lipinski definition) is 5. The van der Waals surface area contributed by atoms with Crippen LogP contribution >= 0.6 is 0 Å². The molecule has 0 saturated heterocycles. The predicted octanol–water partition coefficient (Wildman–Crippen LogP) is 1.01. The number of rotatable bonds is 1. The van der Waals surface area contributed by atoms with E-state index in [0.717, 1.165) is 0 Å². The maximum absolute atomic E-state index is 10.9. The number of hydrogen-bond donors (Lipinski definition) is 2. The summed E-state index contributed by atoms with van der Waals surface area (Å²) in [5.74, 6) is -2.17. The Morgan fingerprint density at radius 3 is 2.64 bits per heavy atom. The van der Waals surface area contributed by atoms with Gasteiger partial charge in [0.05, 0.1) is 5.69 Å². The van der Waals surface area contributed by atoms with Gasteiger partial charge in [-0.3, -0.25) is 4.98 Å². The molecule has 2 N–H and O–H groups in total. The van der Waals surface area contributed by atoms with Gasteiger partial charge in [0.25, 0.3) is 0 Å². The fourth-order valence-corrected chi connectivity index (χ4v) is 1.18. The van der Waals surface area contributed by atoms with Gasteiger partial charge in [-0.1, -0.05) is 6.07 Å². The van der Waals surface area contributed by atoms with E-state index in [1.807, 2.05) is 0 Å². The lowest BCUT2D eigenvalue weighted by molar-refractivity contribution is -0.142. The van der Waals surface area contributed by atoms with Gasteiger partial charge in [0, 0.05) is 6.20 Å². The summed E-state index contributed by atoms with van der Waals surface area (Å²) in [6.07, 6.45) is 0.523. The number of carbonyl (C=O) groups excluding carboxylic acids is 1. The van der Waals surface area contributed by atoms with Crippen LogP contribution in [0.3, 0.4) is 0 Å². The van der Waals surface area contributed by atoms with E-state index in [2.05, 4.69) is 4.98 Å². The molecule has 0 spiro atoms. The first-order valence-electron chi connectivity index (χ1n) is 3.94. The van der Waals surface area contributed by atoms with Crippen molar-refractivity contribution in [2.75, 3.05) is 0 Å². The van der Waals surface area contributed by atoms with Crippen molar-refractivity contribution in [2.24, 2.45) is 0 Å². The Bertz CT molecular complexity index is 399. The van der Waals surface area contributed by atoms with E-state index in [-0.39, 0.29) is 0 Å². The first kappa shape index (κ1) is 8.55. The van der Waals surface area contributed by atoms with Crippen molar-refractivity contribution in [2.45, 2.75) is 6.10 Å². The van der Waals surface area contributed by atoms with Crippen LogP contribution < -0.4 is 0 Å². The normalized spacial score (nSPS) is 21.1. The SMILES string of the molecule is O=C1OC(c2ccccn2)C(O)=C1O. The van der Waals surface area contributed by atoms with Crippen molar-refractivity contribution < 1.29 is 19.7 Å². The van der Waals surface area contributed by atoms with Crippen molar-refractivity contribution in [1.82, 2.24) is 4.98 Å². The lowest BCUT2D eigenvalue weighted by Gasteiger charge is -2.07. The predicted molar refractivity (Wildman–Crippen MR) is 45.4 cm³/mol. The number of aliphatic hydroxyl groups excluding tert-OH is 2. The summed E-state index contributed by atoms with van der Waals surface area (Å²) in [6, 6.07) is 4.98. The van der Waals surface area contributed by atoms with E-state index >= 15 is 0 Å². The van der Waals surface area contributed by atoms with Crippen molar-refractivity contribution in [1.29, 1.82) is 0 Å². The lowest BCUT2D eigenvalue weighted by Crippen LogP contribution is -2.04. The average molecular weight is 193 g/mol. The maximum atomic E-state index is 10.9. The summed E-state index contributed by atoms with van der Waals surface area (Å²) in [7, 11) is 0.